The summed E-state index contributed by atoms with van der Waals surface area (Å²) in [5.41, 5.74) is 2.11. The van der Waals surface area contributed by atoms with Gasteiger partial charge in [0.05, 0.1) is 16.1 Å². The minimum atomic E-state index is -0.427. The zero-order chi connectivity index (χ0) is 14.5. The molecule has 2 aromatic rings. The first-order valence-corrected chi connectivity index (χ1v) is 6.42. The van der Waals surface area contributed by atoms with Crippen molar-refractivity contribution in [1.29, 1.82) is 10.5 Å². The average Bonchev–Trinajstić information content (AvgIpc) is 2.94. The van der Waals surface area contributed by atoms with Crippen LogP contribution in [0.1, 0.15) is 16.7 Å². The zero-order valence-electron chi connectivity index (χ0n) is 10.2. The zero-order valence-corrected chi connectivity index (χ0v) is 11.0. The maximum Gasteiger partial charge on any atom is 0.324 e. The molecule has 0 aliphatic rings. The molecule has 7 heteroatoms. The van der Waals surface area contributed by atoms with Crippen LogP contribution in [0.25, 0.3) is 0 Å². The first-order valence-electron chi connectivity index (χ1n) is 5.54. The van der Waals surface area contributed by atoms with E-state index < -0.39 is 4.92 Å². The van der Waals surface area contributed by atoms with E-state index in [4.69, 9.17) is 10.5 Å². The maximum atomic E-state index is 10.6. The molecule has 0 aliphatic carbocycles. The van der Waals surface area contributed by atoms with E-state index in [1.165, 1.54) is 6.07 Å². The Bertz CT molecular complexity index is 740. The second-order valence-corrected chi connectivity index (χ2v) is 4.78. The molecule has 0 aliphatic heterocycles. The summed E-state index contributed by atoms with van der Waals surface area (Å²) >= 11 is 1.07. The number of thiophene rings is 1. The van der Waals surface area contributed by atoms with Crippen LogP contribution in [0.5, 0.6) is 0 Å². The van der Waals surface area contributed by atoms with Crippen molar-refractivity contribution in [2.75, 3.05) is 5.32 Å². The van der Waals surface area contributed by atoms with Crippen molar-refractivity contribution in [3.63, 3.8) is 0 Å². The van der Waals surface area contributed by atoms with Crippen molar-refractivity contribution in [1.82, 2.24) is 0 Å². The minimum absolute atomic E-state index is 0.0966. The number of rotatable bonds is 4. The fourth-order valence-electron chi connectivity index (χ4n) is 1.60. The molecule has 2 rings (SSSR count). The summed E-state index contributed by atoms with van der Waals surface area (Å²) in [7, 11) is 0. The van der Waals surface area contributed by atoms with Crippen molar-refractivity contribution in [2.45, 2.75) is 6.54 Å². The van der Waals surface area contributed by atoms with E-state index in [-0.39, 0.29) is 5.00 Å². The molecule has 0 saturated carbocycles. The number of nitriles is 2. The molecule has 0 amide bonds. The SMILES string of the molecule is N#Cc1ccc(NCc2csc([N+](=O)[O-])c2)cc1C#N. The Labute approximate surface area is 118 Å². The molecule has 0 radical (unpaired) electrons. The summed E-state index contributed by atoms with van der Waals surface area (Å²) in [6.07, 6.45) is 0. The highest BCUT2D eigenvalue weighted by atomic mass is 32.1. The van der Waals surface area contributed by atoms with Gasteiger partial charge in [0, 0.05) is 23.7 Å². The van der Waals surface area contributed by atoms with Crippen molar-refractivity contribution in [2.24, 2.45) is 0 Å². The predicted octanol–water partition coefficient (Wildman–Crippen LogP) is 3.01. The lowest BCUT2D eigenvalue weighted by Gasteiger charge is -2.05. The molecule has 98 valence electrons. The van der Waals surface area contributed by atoms with Crippen LogP contribution in [0.2, 0.25) is 0 Å². The third kappa shape index (κ3) is 2.91. The van der Waals surface area contributed by atoms with Gasteiger partial charge in [-0.2, -0.15) is 10.5 Å². The summed E-state index contributed by atoms with van der Waals surface area (Å²) < 4.78 is 0. The van der Waals surface area contributed by atoms with Gasteiger partial charge < -0.3 is 5.32 Å². The summed E-state index contributed by atoms with van der Waals surface area (Å²) in [6.45, 7) is 0.418. The quantitative estimate of drug-likeness (QED) is 0.686. The Morgan fingerprint density at radius 1 is 1.25 bits per heavy atom. The first-order chi connectivity index (χ1) is 9.63. The summed E-state index contributed by atoms with van der Waals surface area (Å²) in [5.74, 6) is 0. The van der Waals surface area contributed by atoms with Crippen LogP contribution in [0.3, 0.4) is 0 Å². The topological polar surface area (TPSA) is 103 Å². The normalized spacial score (nSPS) is 9.50. The smallest absolute Gasteiger partial charge is 0.324 e. The van der Waals surface area contributed by atoms with Crippen LogP contribution >= 0.6 is 11.3 Å². The summed E-state index contributed by atoms with van der Waals surface area (Å²) in [5, 5.41) is 33.2. The largest absolute Gasteiger partial charge is 0.381 e. The Morgan fingerprint density at radius 2 is 2.00 bits per heavy atom. The van der Waals surface area contributed by atoms with Crippen LogP contribution in [0, 0.1) is 32.8 Å². The van der Waals surface area contributed by atoms with Crippen molar-refractivity contribution in [3.05, 3.63) is 56.5 Å². The first kappa shape index (κ1) is 13.5. The fraction of sp³-hybridized carbons (Fsp3) is 0.0769. The summed E-state index contributed by atoms with van der Waals surface area (Å²) in [4.78, 5) is 10.1. The molecule has 1 aromatic carbocycles. The third-order valence-electron chi connectivity index (χ3n) is 2.58. The number of nitro groups is 1. The maximum absolute atomic E-state index is 10.6. The van der Waals surface area contributed by atoms with Gasteiger partial charge in [-0.1, -0.05) is 11.3 Å². The van der Waals surface area contributed by atoms with E-state index >= 15 is 0 Å². The van der Waals surface area contributed by atoms with Gasteiger partial charge in [0.2, 0.25) is 0 Å². The molecule has 6 nitrogen and oxygen atoms in total. The Morgan fingerprint density at radius 3 is 2.60 bits per heavy atom. The third-order valence-corrected chi connectivity index (χ3v) is 3.51. The molecular weight excluding hydrogens is 276 g/mol. The van der Waals surface area contributed by atoms with E-state index in [0.717, 1.165) is 16.9 Å². The van der Waals surface area contributed by atoms with Gasteiger partial charge in [-0.15, -0.1) is 0 Å². The average molecular weight is 284 g/mol. The second-order valence-electron chi connectivity index (χ2n) is 3.89. The highest BCUT2D eigenvalue weighted by molar-refractivity contribution is 7.13. The standard InChI is InChI=1S/C13H8N4O2S/c14-5-10-1-2-12(4-11(10)6-15)16-7-9-3-13(17(18)19)20-8-9/h1-4,8,16H,7H2. The highest BCUT2D eigenvalue weighted by Gasteiger charge is 2.09. The number of hydrogen-bond acceptors (Lipinski definition) is 6. The van der Waals surface area contributed by atoms with Crippen molar-refractivity contribution in [3.8, 4) is 12.1 Å². The molecule has 20 heavy (non-hydrogen) atoms. The number of nitrogens with one attached hydrogen (secondary N) is 1. The lowest BCUT2D eigenvalue weighted by atomic mass is 10.1. The molecule has 0 atom stereocenters. The van der Waals surface area contributed by atoms with Crippen LogP contribution in [0.15, 0.2) is 29.6 Å². The Kier molecular flexibility index (Phi) is 3.94. The number of benzene rings is 1. The predicted molar refractivity (Wildman–Crippen MR) is 74.2 cm³/mol. The number of hydrogen-bond donors (Lipinski definition) is 1. The lowest BCUT2D eigenvalue weighted by Crippen LogP contribution is -1.99. The lowest BCUT2D eigenvalue weighted by molar-refractivity contribution is -0.380. The number of anilines is 1. The van der Waals surface area contributed by atoms with E-state index in [1.807, 2.05) is 12.1 Å². The van der Waals surface area contributed by atoms with E-state index in [1.54, 1.807) is 23.6 Å². The van der Waals surface area contributed by atoms with E-state index in [0.29, 0.717) is 23.4 Å². The molecule has 1 N–H and O–H groups in total. The molecule has 1 aromatic heterocycles. The van der Waals surface area contributed by atoms with Crippen LogP contribution in [-0.4, -0.2) is 4.92 Å². The van der Waals surface area contributed by atoms with Gasteiger partial charge in [0.1, 0.15) is 12.1 Å². The van der Waals surface area contributed by atoms with Gasteiger partial charge in [0.15, 0.2) is 0 Å². The molecule has 0 fully saturated rings. The van der Waals surface area contributed by atoms with Crippen molar-refractivity contribution < 1.29 is 4.92 Å². The van der Waals surface area contributed by atoms with Crippen LogP contribution in [0.4, 0.5) is 10.7 Å². The van der Waals surface area contributed by atoms with E-state index in [2.05, 4.69) is 5.32 Å². The van der Waals surface area contributed by atoms with Gasteiger partial charge in [-0.3, -0.25) is 10.1 Å². The Balaban J connectivity index is 2.09. The molecule has 1 heterocycles. The van der Waals surface area contributed by atoms with E-state index in [9.17, 15) is 10.1 Å². The molecular formula is C13H8N4O2S. The molecule has 0 saturated heterocycles. The minimum Gasteiger partial charge on any atom is -0.381 e. The van der Waals surface area contributed by atoms with Gasteiger partial charge in [-0.25, -0.2) is 0 Å². The van der Waals surface area contributed by atoms with Gasteiger partial charge >= 0.3 is 5.00 Å². The Hall–Kier alpha value is -2.90. The molecule has 0 unspecified atom stereocenters. The van der Waals surface area contributed by atoms with Gasteiger partial charge in [0.25, 0.3) is 0 Å². The van der Waals surface area contributed by atoms with Crippen molar-refractivity contribution >= 4 is 22.0 Å². The van der Waals surface area contributed by atoms with Crippen LogP contribution in [-0.2, 0) is 6.54 Å². The summed E-state index contributed by atoms with van der Waals surface area (Å²) in [6, 6.07) is 10.2. The number of nitrogens with zero attached hydrogens (tertiary/aromatic N) is 3. The molecule has 0 spiro atoms. The highest BCUT2D eigenvalue weighted by Crippen LogP contribution is 2.23. The van der Waals surface area contributed by atoms with Gasteiger partial charge in [-0.05, 0) is 23.8 Å². The fourth-order valence-corrected chi connectivity index (χ4v) is 2.33. The monoisotopic (exact) mass is 284 g/mol. The second kappa shape index (κ2) is 5.83. The molecule has 0 bridgehead atoms. The van der Waals surface area contributed by atoms with Crippen LogP contribution < -0.4 is 5.32 Å².